The molecule has 71 heavy (non-hydrogen) atoms. The van der Waals surface area contributed by atoms with Crippen LogP contribution in [-0.4, -0.2) is 121 Å². The van der Waals surface area contributed by atoms with Crippen molar-refractivity contribution in [1.29, 1.82) is 0 Å². The van der Waals surface area contributed by atoms with Gasteiger partial charge in [-0.2, -0.15) is 0 Å². The van der Waals surface area contributed by atoms with Gasteiger partial charge in [0.25, 0.3) is 0 Å². The quantitative estimate of drug-likeness (QED) is 0.0294. The molecule has 12 heteroatoms. The van der Waals surface area contributed by atoms with Crippen molar-refractivity contribution in [2.45, 2.75) is 126 Å². The van der Waals surface area contributed by atoms with Crippen molar-refractivity contribution >= 4 is 28.6 Å². The summed E-state index contributed by atoms with van der Waals surface area (Å²) < 4.78 is 7.99. The molecule has 2 aliphatic heterocycles. The summed E-state index contributed by atoms with van der Waals surface area (Å²) in [5.74, 6) is 0.875. The number of rotatable bonds is 22. The zero-order valence-corrected chi connectivity index (χ0v) is 46.9. The number of aliphatic imine (C=N–C) groups is 1. The van der Waals surface area contributed by atoms with Crippen molar-refractivity contribution in [1.82, 2.24) is 34.7 Å². The SMILES string of the molecule is C=C(N)C(C(C)C)N(C)C.C=CC=O.C=CCCC(C)(C)Cc1c(-c2cccnc2C(N)OC)n(CC)c2ccc(/C(=C/C)N=C(C)CC(C=C)CN3CCCCN3)cc12.C=CN1CC(N(C)C)C1.CC. The molecule has 3 atom stereocenters. The van der Waals surface area contributed by atoms with Crippen molar-refractivity contribution in [3.63, 3.8) is 0 Å². The van der Waals surface area contributed by atoms with E-state index in [1.807, 2.05) is 46.3 Å². The Balaban J connectivity index is 0.000000821. The summed E-state index contributed by atoms with van der Waals surface area (Å²) in [4.78, 5) is 25.5. The zero-order valence-electron chi connectivity index (χ0n) is 46.9. The summed E-state index contributed by atoms with van der Waals surface area (Å²) in [6.45, 7) is 44.3. The molecule has 0 amide bonds. The van der Waals surface area contributed by atoms with Crippen LogP contribution in [0.25, 0.3) is 27.9 Å². The minimum absolute atomic E-state index is 0.0542. The van der Waals surface area contributed by atoms with Crippen molar-refractivity contribution < 1.29 is 9.53 Å². The fraction of sp³-hybridized carbons (Fsp3) is 0.542. The molecule has 1 aromatic carbocycles. The zero-order chi connectivity index (χ0) is 53.8. The smallest absolute Gasteiger partial charge is 0.149 e. The number of hydrogen-bond acceptors (Lipinski definition) is 11. The normalized spacial score (nSPS) is 15.6. The number of hydrogen-bond donors (Lipinski definition) is 3. The number of aromatic nitrogens is 2. The third-order valence-corrected chi connectivity index (χ3v) is 12.7. The lowest BCUT2D eigenvalue weighted by Crippen LogP contribution is -2.54. The van der Waals surface area contributed by atoms with Crippen LogP contribution in [0.3, 0.4) is 0 Å². The van der Waals surface area contributed by atoms with E-state index >= 15 is 0 Å². The number of nitrogens with two attached hydrogens (primary N) is 2. The largest absolute Gasteiger partial charge is 0.401 e. The standard InChI is InChI=1S/C39H56N6O.C8H18N2.C7H14N2.C3H4O.C2H6/c1-9-13-20-39(6,7)26-33-32-25-30(34(11-3)43-28(5)24-29(10-2)27-44-23-15-14-22-42-44)18-19-35(32)45(12-4)37(33)31-17-16-21-41-36(31)38(40)46-8;1-6(2)8(7(3)9)10(4)5;1-4-9-5-7(6-9)8(2)3;1-2-3-4;1-2/h9-11,16-19,21,25,29,38,42H,1-2,12-15,20,22-24,26-27,40H2,3-8H3;6,8H,3,9H2,1-2,4-5H3;4,7H,1,5-6H2,2-3H3;2-3H,1H2;1-2H3/b34-11-,43-28?;;;;. The van der Waals surface area contributed by atoms with E-state index in [-0.39, 0.29) is 5.41 Å². The molecule has 2 aliphatic rings. The Kier molecular flexibility index (Phi) is 30.4. The van der Waals surface area contributed by atoms with Crippen molar-refractivity contribution in [2.24, 2.45) is 33.7 Å². The first-order valence-corrected chi connectivity index (χ1v) is 25.8. The van der Waals surface area contributed by atoms with Gasteiger partial charge in [-0.25, -0.2) is 5.01 Å². The minimum atomic E-state index is -0.617. The number of benzene rings is 1. The first kappa shape index (κ1) is 64.1. The van der Waals surface area contributed by atoms with Crippen LogP contribution in [0.2, 0.25) is 0 Å². The predicted molar refractivity (Wildman–Crippen MR) is 308 cm³/mol. The van der Waals surface area contributed by atoms with Crippen molar-refractivity contribution in [2.75, 3.05) is 68.0 Å². The van der Waals surface area contributed by atoms with Gasteiger partial charge in [-0.1, -0.05) is 85.6 Å². The average Bonchev–Trinajstić information content (AvgIpc) is 3.63. The summed E-state index contributed by atoms with van der Waals surface area (Å²) in [5.41, 5.74) is 25.0. The highest BCUT2D eigenvalue weighted by Gasteiger charge is 2.28. The summed E-state index contributed by atoms with van der Waals surface area (Å²) in [6.07, 6.45) is 17.4. The molecule has 0 spiro atoms. The third-order valence-electron chi connectivity index (χ3n) is 12.7. The van der Waals surface area contributed by atoms with Crippen LogP contribution in [0, 0.1) is 17.3 Å². The lowest BCUT2D eigenvalue weighted by atomic mass is 9.80. The topological polar surface area (TPSA) is 134 Å². The average molecular weight is 980 g/mol. The van der Waals surface area contributed by atoms with Gasteiger partial charge in [-0.05, 0) is 147 Å². The fourth-order valence-electron chi connectivity index (χ4n) is 9.07. The van der Waals surface area contributed by atoms with Crippen molar-refractivity contribution in [3.8, 4) is 11.3 Å². The molecule has 0 aliphatic carbocycles. The highest BCUT2D eigenvalue weighted by atomic mass is 16.5. The number of nitrogens with zero attached hydrogens (tertiary/aromatic N) is 7. The Morgan fingerprint density at radius 2 is 1.75 bits per heavy atom. The lowest BCUT2D eigenvalue weighted by Gasteiger charge is -2.42. The Morgan fingerprint density at radius 1 is 1.08 bits per heavy atom. The first-order chi connectivity index (χ1) is 33.8. The number of carbonyl (C=O) groups is 1. The molecule has 3 unspecified atom stereocenters. The molecule has 4 heterocycles. The monoisotopic (exact) mass is 979 g/mol. The summed E-state index contributed by atoms with van der Waals surface area (Å²) in [6, 6.07) is 12.0. The molecule has 0 bridgehead atoms. The number of pyridine rings is 1. The molecule has 2 fully saturated rings. The number of allylic oxidation sites excluding steroid dienone is 3. The van der Waals surface area contributed by atoms with Gasteiger partial charge in [0, 0.05) is 92.1 Å². The van der Waals surface area contributed by atoms with E-state index < -0.39 is 6.23 Å². The predicted octanol–water partition coefficient (Wildman–Crippen LogP) is 11.3. The molecule has 0 radical (unpaired) electrons. The lowest BCUT2D eigenvalue weighted by molar-refractivity contribution is -0.104. The molecule has 5 rings (SSSR count). The Morgan fingerprint density at radius 3 is 2.21 bits per heavy atom. The number of nitrogens with one attached hydrogen (secondary N) is 1. The maximum atomic E-state index is 9.06. The Bertz CT molecular complexity index is 2120. The number of ether oxygens (including phenoxy) is 1. The van der Waals surface area contributed by atoms with Gasteiger partial charge in [0.05, 0.1) is 23.1 Å². The number of likely N-dealkylation sites (tertiary alicyclic amines) is 1. The number of likely N-dealkylation sites (N-methyl/N-ethyl adjacent to an activating group) is 2. The fourth-order valence-corrected chi connectivity index (χ4v) is 9.07. The second-order valence-electron chi connectivity index (χ2n) is 19.7. The number of carbonyl (C=O) groups excluding carboxylic acids is 1. The minimum Gasteiger partial charge on any atom is -0.401 e. The summed E-state index contributed by atoms with van der Waals surface area (Å²) in [7, 11) is 9.90. The van der Waals surface area contributed by atoms with E-state index in [9.17, 15) is 0 Å². The third kappa shape index (κ3) is 20.6. The van der Waals surface area contributed by atoms with Gasteiger partial charge in [-0.3, -0.25) is 20.2 Å². The van der Waals surface area contributed by atoms with Gasteiger partial charge >= 0.3 is 0 Å². The van der Waals surface area contributed by atoms with Gasteiger partial charge < -0.3 is 35.5 Å². The molecule has 396 valence electrons. The van der Waals surface area contributed by atoms with Gasteiger partial charge in [0.1, 0.15) is 12.5 Å². The molecule has 3 aromatic rings. The number of aryl methyl sites for hydroxylation is 1. The van der Waals surface area contributed by atoms with E-state index in [1.165, 1.54) is 41.1 Å². The molecular weight excluding hydrogens is 881 g/mol. The second kappa shape index (κ2) is 33.7. The van der Waals surface area contributed by atoms with Crippen molar-refractivity contribution in [3.05, 3.63) is 122 Å². The Hall–Kier alpha value is -4.95. The van der Waals surface area contributed by atoms with Gasteiger partial charge in [-0.15, -0.1) is 13.2 Å². The van der Waals surface area contributed by atoms with E-state index in [4.69, 9.17) is 31.0 Å². The van der Waals surface area contributed by atoms with E-state index in [0.717, 1.165) is 105 Å². The van der Waals surface area contributed by atoms with Crippen LogP contribution >= 0.6 is 0 Å². The number of aldehydes is 1. The van der Waals surface area contributed by atoms with Gasteiger partial charge in [0.15, 0.2) is 0 Å². The van der Waals surface area contributed by atoms with E-state index in [2.05, 4.69) is 162 Å². The number of methoxy groups -OCH3 is 1. The first-order valence-electron chi connectivity index (χ1n) is 25.8. The molecule has 2 aromatic heterocycles. The molecule has 5 N–H and O–H groups in total. The maximum absolute atomic E-state index is 9.06. The van der Waals surface area contributed by atoms with Crippen LogP contribution in [0.5, 0.6) is 0 Å². The van der Waals surface area contributed by atoms with Gasteiger partial charge in [0.2, 0.25) is 0 Å². The highest BCUT2D eigenvalue weighted by molar-refractivity contribution is 5.95. The Labute approximate surface area is 432 Å². The van der Waals surface area contributed by atoms with Crippen LogP contribution in [0.4, 0.5) is 0 Å². The van der Waals surface area contributed by atoms with E-state index in [0.29, 0.717) is 24.2 Å². The molecular formula is C59H98N10O2. The highest BCUT2D eigenvalue weighted by Crippen LogP contribution is 2.42. The van der Waals surface area contributed by atoms with E-state index in [1.54, 1.807) is 13.3 Å². The molecule has 0 saturated carbocycles. The summed E-state index contributed by atoms with van der Waals surface area (Å²) in [5, 5.41) is 3.59. The van der Waals surface area contributed by atoms with Crippen LogP contribution < -0.4 is 16.9 Å². The number of fused-ring (bicyclic) bond motifs is 1. The van der Waals surface area contributed by atoms with Crippen LogP contribution in [-0.2, 0) is 22.5 Å². The molecule has 2 saturated heterocycles. The van der Waals surface area contributed by atoms with Crippen LogP contribution in [0.1, 0.15) is 117 Å². The van der Waals surface area contributed by atoms with Crippen LogP contribution in [0.15, 0.2) is 111 Å². The second-order valence-corrected chi connectivity index (χ2v) is 19.7. The molecule has 12 nitrogen and oxygen atoms in total. The number of hydrazine groups is 1. The maximum Gasteiger partial charge on any atom is 0.149 e. The summed E-state index contributed by atoms with van der Waals surface area (Å²) >= 11 is 0.